The number of allylic oxidation sites excluding steroid dienone is 1. The maximum Gasteiger partial charge on any atom is 0.356 e. The molecule has 0 bridgehead atoms. The molecule has 34 heavy (non-hydrogen) atoms. The molecule has 0 spiro atoms. The standard InChI is InChI=1S/C24H23N7O3/c1-3-11-30-22(32)18-14-26-24(27-17-8-7-16-13-25-10-9-15(16)12-17)29-21(18)31(30)20-6-4-5-19(28-20)23(33)34-2/h3-8,12,14,25H,1,9-11,13H2,2H3,(H,26,27,29). The number of esters is 1. The van der Waals surface area contributed by atoms with Crippen LogP contribution in [-0.4, -0.2) is 43.9 Å². The highest BCUT2D eigenvalue weighted by atomic mass is 16.5. The van der Waals surface area contributed by atoms with Gasteiger partial charge in [0.1, 0.15) is 5.39 Å². The molecule has 0 aliphatic carbocycles. The van der Waals surface area contributed by atoms with Crippen LogP contribution < -0.4 is 16.2 Å². The molecule has 10 nitrogen and oxygen atoms in total. The number of anilines is 2. The number of aromatic nitrogens is 5. The zero-order valence-electron chi connectivity index (χ0n) is 18.6. The first-order valence-electron chi connectivity index (χ1n) is 10.8. The van der Waals surface area contributed by atoms with Crippen LogP contribution in [0.1, 0.15) is 21.6 Å². The summed E-state index contributed by atoms with van der Waals surface area (Å²) in [5.74, 6) is 0.119. The lowest BCUT2D eigenvalue weighted by Crippen LogP contribution is -2.23. The number of hydrogen-bond donors (Lipinski definition) is 2. The van der Waals surface area contributed by atoms with Crippen molar-refractivity contribution in [1.29, 1.82) is 0 Å². The summed E-state index contributed by atoms with van der Waals surface area (Å²) in [6.07, 6.45) is 4.06. The lowest BCUT2D eigenvalue weighted by atomic mass is 10.0. The van der Waals surface area contributed by atoms with Crippen molar-refractivity contribution >= 4 is 28.6 Å². The van der Waals surface area contributed by atoms with Crippen LogP contribution >= 0.6 is 0 Å². The molecule has 0 saturated heterocycles. The summed E-state index contributed by atoms with van der Waals surface area (Å²) in [6.45, 7) is 5.78. The molecule has 3 aromatic heterocycles. The summed E-state index contributed by atoms with van der Waals surface area (Å²) in [6, 6.07) is 11.1. The Labute approximate surface area is 194 Å². The molecule has 4 aromatic rings. The topological polar surface area (TPSA) is 116 Å². The first-order chi connectivity index (χ1) is 16.6. The second-order valence-corrected chi connectivity index (χ2v) is 7.83. The fourth-order valence-corrected chi connectivity index (χ4v) is 4.05. The maximum atomic E-state index is 13.1. The fourth-order valence-electron chi connectivity index (χ4n) is 4.05. The van der Waals surface area contributed by atoms with E-state index in [0.717, 1.165) is 25.2 Å². The van der Waals surface area contributed by atoms with Gasteiger partial charge in [-0.1, -0.05) is 18.2 Å². The fraction of sp³-hybridized carbons (Fsp3) is 0.208. The van der Waals surface area contributed by atoms with Crippen LogP contribution in [-0.2, 0) is 24.2 Å². The predicted octanol–water partition coefficient (Wildman–Crippen LogP) is 2.34. The van der Waals surface area contributed by atoms with E-state index in [1.165, 1.54) is 29.1 Å². The number of fused-ring (bicyclic) bond motifs is 2. The van der Waals surface area contributed by atoms with E-state index in [4.69, 9.17) is 4.74 Å². The molecule has 172 valence electrons. The van der Waals surface area contributed by atoms with Crippen molar-refractivity contribution < 1.29 is 9.53 Å². The minimum Gasteiger partial charge on any atom is -0.464 e. The predicted molar refractivity (Wildman–Crippen MR) is 128 cm³/mol. The number of benzene rings is 1. The molecule has 10 heteroatoms. The average Bonchev–Trinajstić information content (AvgIpc) is 3.14. The first kappa shape index (κ1) is 21.5. The zero-order valence-corrected chi connectivity index (χ0v) is 18.6. The van der Waals surface area contributed by atoms with Crippen LogP contribution in [0.15, 0.2) is 60.0 Å². The monoisotopic (exact) mass is 457 g/mol. The number of methoxy groups -OCH3 is 1. The number of hydrogen-bond acceptors (Lipinski definition) is 8. The van der Waals surface area contributed by atoms with Crippen LogP contribution in [0.4, 0.5) is 11.6 Å². The van der Waals surface area contributed by atoms with Gasteiger partial charge >= 0.3 is 5.97 Å². The third-order valence-corrected chi connectivity index (χ3v) is 5.67. The van der Waals surface area contributed by atoms with E-state index in [-0.39, 0.29) is 17.8 Å². The lowest BCUT2D eigenvalue weighted by Gasteiger charge is -2.18. The summed E-state index contributed by atoms with van der Waals surface area (Å²) < 4.78 is 7.80. The zero-order chi connectivity index (χ0) is 23.7. The van der Waals surface area contributed by atoms with Crippen molar-refractivity contribution in [2.75, 3.05) is 19.0 Å². The Morgan fingerprint density at radius 1 is 1.26 bits per heavy atom. The van der Waals surface area contributed by atoms with Crippen molar-refractivity contribution in [1.82, 2.24) is 29.6 Å². The molecule has 0 unspecified atom stereocenters. The number of carbonyl (C=O) groups is 1. The Bertz CT molecular complexity index is 1470. The Morgan fingerprint density at radius 2 is 2.15 bits per heavy atom. The largest absolute Gasteiger partial charge is 0.464 e. The van der Waals surface area contributed by atoms with Gasteiger partial charge in [-0.2, -0.15) is 4.98 Å². The number of nitrogens with zero attached hydrogens (tertiary/aromatic N) is 5. The third kappa shape index (κ3) is 3.84. The molecule has 0 fully saturated rings. The van der Waals surface area contributed by atoms with Gasteiger partial charge in [0.25, 0.3) is 5.56 Å². The Morgan fingerprint density at radius 3 is 2.97 bits per heavy atom. The summed E-state index contributed by atoms with van der Waals surface area (Å²) in [4.78, 5) is 38.5. The van der Waals surface area contributed by atoms with E-state index < -0.39 is 5.97 Å². The minimum atomic E-state index is -0.574. The molecule has 1 aliphatic rings. The van der Waals surface area contributed by atoms with Crippen LogP contribution in [0.3, 0.4) is 0 Å². The molecule has 0 radical (unpaired) electrons. The van der Waals surface area contributed by atoms with Crippen molar-refractivity contribution in [2.45, 2.75) is 19.5 Å². The van der Waals surface area contributed by atoms with E-state index in [9.17, 15) is 9.59 Å². The van der Waals surface area contributed by atoms with Crippen molar-refractivity contribution in [3.63, 3.8) is 0 Å². The van der Waals surface area contributed by atoms with Crippen LogP contribution in [0.5, 0.6) is 0 Å². The summed E-state index contributed by atoms with van der Waals surface area (Å²) in [7, 11) is 1.29. The van der Waals surface area contributed by atoms with E-state index >= 15 is 0 Å². The summed E-state index contributed by atoms with van der Waals surface area (Å²) in [5.41, 5.74) is 3.62. The lowest BCUT2D eigenvalue weighted by molar-refractivity contribution is 0.0594. The molecular weight excluding hydrogens is 434 g/mol. The van der Waals surface area contributed by atoms with Gasteiger partial charge in [0.15, 0.2) is 17.2 Å². The molecular formula is C24H23N7O3. The molecule has 5 rings (SSSR count). The van der Waals surface area contributed by atoms with Crippen molar-refractivity contribution in [3.8, 4) is 5.82 Å². The van der Waals surface area contributed by atoms with Crippen LogP contribution in [0.2, 0.25) is 0 Å². The molecule has 0 amide bonds. The first-order valence-corrected chi connectivity index (χ1v) is 10.8. The van der Waals surface area contributed by atoms with Gasteiger partial charge in [0.05, 0.1) is 13.7 Å². The van der Waals surface area contributed by atoms with E-state index in [0.29, 0.717) is 22.8 Å². The number of nitrogens with one attached hydrogen (secondary N) is 2. The Hall–Kier alpha value is -4.31. The van der Waals surface area contributed by atoms with Crippen LogP contribution in [0.25, 0.3) is 16.9 Å². The Balaban J connectivity index is 1.61. The number of rotatable bonds is 6. The van der Waals surface area contributed by atoms with Gasteiger partial charge in [0, 0.05) is 18.4 Å². The highest BCUT2D eigenvalue weighted by molar-refractivity contribution is 5.87. The van der Waals surface area contributed by atoms with Crippen molar-refractivity contribution in [3.05, 3.63) is 82.4 Å². The Kier molecular flexibility index (Phi) is 5.64. The molecule has 1 aromatic carbocycles. The second kappa shape index (κ2) is 8.91. The number of carbonyl (C=O) groups excluding carboxylic acids is 1. The third-order valence-electron chi connectivity index (χ3n) is 5.67. The highest BCUT2D eigenvalue weighted by Crippen LogP contribution is 2.22. The molecule has 0 atom stereocenters. The second-order valence-electron chi connectivity index (χ2n) is 7.83. The summed E-state index contributed by atoms with van der Waals surface area (Å²) in [5, 5.41) is 6.93. The number of pyridine rings is 1. The molecule has 2 N–H and O–H groups in total. The van der Waals surface area contributed by atoms with Gasteiger partial charge in [-0.15, -0.1) is 6.58 Å². The molecule has 4 heterocycles. The SMILES string of the molecule is C=CCn1c(=O)c2cnc(Nc3ccc4c(c3)CCNC4)nc2n1-c1cccc(C(=O)OC)n1. The number of ether oxygens (including phenoxy) is 1. The molecule has 0 saturated carbocycles. The van der Waals surface area contributed by atoms with E-state index in [1.54, 1.807) is 29.0 Å². The average molecular weight is 457 g/mol. The van der Waals surface area contributed by atoms with Crippen LogP contribution in [0, 0.1) is 0 Å². The smallest absolute Gasteiger partial charge is 0.356 e. The van der Waals surface area contributed by atoms with Gasteiger partial charge in [-0.25, -0.2) is 24.1 Å². The van der Waals surface area contributed by atoms with Crippen molar-refractivity contribution in [2.24, 2.45) is 0 Å². The summed E-state index contributed by atoms with van der Waals surface area (Å²) >= 11 is 0. The minimum absolute atomic E-state index is 0.121. The van der Waals surface area contributed by atoms with Gasteiger partial charge in [-0.05, 0) is 48.4 Å². The normalized spacial score (nSPS) is 12.9. The van der Waals surface area contributed by atoms with E-state index in [2.05, 4.69) is 44.3 Å². The van der Waals surface area contributed by atoms with Gasteiger partial charge in [0.2, 0.25) is 5.95 Å². The quantitative estimate of drug-likeness (QED) is 0.335. The van der Waals surface area contributed by atoms with Gasteiger partial charge in [-0.3, -0.25) is 4.79 Å². The van der Waals surface area contributed by atoms with E-state index in [1.807, 2.05) is 6.07 Å². The van der Waals surface area contributed by atoms with Gasteiger partial charge < -0.3 is 15.4 Å². The molecule has 1 aliphatic heterocycles. The highest BCUT2D eigenvalue weighted by Gasteiger charge is 2.19. The maximum absolute atomic E-state index is 13.1.